The van der Waals surface area contributed by atoms with Crippen molar-refractivity contribution >= 4 is 0 Å². The lowest BCUT2D eigenvalue weighted by Gasteiger charge is -2.34. The Kier molecular flexibility index (Phi) is 5.08. The molecule has 1 aromatic carbocycles. The summed E-state index contributed by atoms with van der Waals surface area (Å²) in [6.45, 7) is 0. The van der Waals surface area contributed by atoms with Crippen molar-refractivity contribution in [1.82, 2.24) is 5.32 Å². The molecule has 0 radical (unpaired) electrons. The number of rotatable bonds is 4. The van der Waals surface area contributed by atoms with Crippen molar-refractivity contribution < 1.29 is 13.2 Å². The molecule has 1 atom stereocenters. The van der Waals surface area contributed by atoms with Gasteiger partial charge in [0, 0.05) is 6.04 Å². The monoisotopic (exact) mass is 285 g/mol. The van der Waals surface area contributed by atoms with Crippen LogP contribution in [-0.2, 0) is 6.42 Å². The fourth-order valence-corrected chi connectivity index (χ4v) is 3.22. The Balaban J connectivity index is 1.91. The van der Waals surface area contributed by atoms with Crippen LogP contribution in [0.15, 0.2) is 30.3 Å². The van der Waals surface area contributed by atoms with Crippen LogP contribution in [0.25, 0.3) is 0 Å². The second-order valence-electron chi connectivity index (χ2n) is 5.74. The van der Waals surface area contributed by atoms with Crippen molar-refractivity contribution in [3.05, 3.63) is 35.9 Å². The van der Waals surface area contributed by atoms with Crippen LogP contribution < -0.4 is 5.32 Å². The van der Waals surface area contributed by atoms with E-state index in [-0.39, 0.29) is 18.9 Å². The zero-order chi connectivity index (χ0) is 14.6. The molecular weight excluding hydrogens is 263 g/mol. The Morgan fingerprint density at radius 1 is 1.10 bits per heavy atom. The van der Waals surface area contributed by atoms with E-state index in [9.17, 15) is 13.2 Å². The molecule has 1 N–H and O–H groups in total. The Hall–Kier alpha value is -1.03. The quantitative estimate of drug-likeness (QED) is 0.875. The summed E-state index contributed by atoms with van der Waals surface area (Å²) in [6.07, 6.45) is -1.23. The van der Waals surface area contributed by atoms with Gasteiger partial charge >= 0.3 is 6.18 Å². The van der Waals surface area contributed by atoms with E-state index >= 15 is 0 Å². The summed E-state index contributed by atoms with van der Waals surface area (Å²) < 4.78 is 38.0. The van der Waals surface area contributed by atoms with E-state index in [0.29, 0.717) is 18.8 Å². The third kappa shape index (κ3) is 3.98. The van der Waals surface area contributed by atoms with Gasteiger partial charge in [-0.25, -0.2) is 0 Å². The Bertz CT molecular complexity index is 394. The molecule has 1 nitrogen and oxygen atoms in total. The van der Waals surface area contributed by atoms with E-state index in [2.05, 4.69) is 17.4 Å². The average Bonchev–Trinajstić information content (AvgIpc) is 2.45. The van der Waals surface area contributed by atoms with Gasteiger partial charge in [0.05, 0.1) is 5.92 Å². The normalized spacial score (nSPS) is 25.4. The first-order valence-corrected chi connectivity index (χ1v) is 7.28. The molecule has 1 fully saturated rings. The number of halogens is 3. The van der Waals surface area contributed by atoms with E-state index in [1.807, 2.05) is 25.2 Å². The second kappa shape index (κ2) is 6.61. The van der Waals surface area contributed by atoms with E-state index < -0.39 is 12.1 Å². The molecule has 1 aromatic rings. The van der Waals surface area contributed by atoms with Gasteiger partial charge in [-0.3, -0.25) is 0 Å². The van der Waals surface area contributed by atoms with Crippen molar-refractivity contribution in [1.29, 1.82) is 0 Å². The SMILES string of the molecule is CNC(Cc1ccccc1)C1CCC(C(F)(F)F)CC1. The van der Waals surface area contributed by atoms with Crippen LogP contribution in [0, 0.1) is 11.8 Å². The summed E-state index contributed by atoms with van der Waals surface area (Å²) in [5.74, 6) is -0.744. The predicted octanol–water partition coefficient (Wildman–Crippen LogP) is 4.19. The Labute approximate surface area is 118 Å². The van der Waals surface area contributed by atoms with Crippen LogP contribution in [0.2, 0.25) is 0 Å². The zero-order valence-corrected chi connectivity index (χ0v) is 11.8. The van der Waals surface area contributed by atoms with Crippen molar-refractivity contribution in [3.8, 4) is 0 Å². The molecule has 2 rings (SSSR count). The van der Waals surface area contributed by atoms with E-state index in [4.69, 9.17) is 0 Å². The standard InChI is InChI=1S/C16H22F3N/c1-20-15(11-12-5-3-2-4-6-12)13-7-9-14(10-8-13)16(17,18)19/h2-6,13-15,20H,7-11H2,1H3. The smallest absolute Gasteiger partial charge is 0.316 e. The second-order valence-corrected chi connectivity index (χ2v) is 5.74. The van der Waals surface area contributed by atoms with Gasteiger partial charge in [-0.2, -0.15) is 13.2 Å². The fraction of sp³-hybridized carbons (Fsp3) is 0.625. The van der Waals surface area contributed by atoms with Gasteiger partial charge in [-0.1, -0.05) is 30.3 Å². The lowest BCUT2D eigenvalue weighted by atomic mass is 9.77. The molecule has 1 unspecified atom stereocenters. The van der Waals surface area contributed by atoms with Gasteiger partial charge in [0.15, 0.2) is 0 Å². The first-order chi connectivity index (χ1) is 9.50. The Morgan fingerprint density at radius 3 is 2.20 bits per heavy atom. The maximum atomic E-state index is 12.7. The van der Waals surface area contributed by atoms with Crippen molar-refractivity contribution in [3.63, 3.8) is 0 Å². The number of benzene rings is 1. The minimum Gasteiger partial charge on any atom is -0.316 e. The molecule has 0 aromatic heterocycles. The van der Waals surface area contributed by atoms with Crippen LogP contribution in [0.5, 0.6) is 0 Å². The maximum Gasteiger partial charge on any atom is 0.391 e. The molecule has 4 heteroatoms. The minimum absolute atomic E-state index is 0.270. The summed E-state index contributed by atoms with van der Waals surface area (Å²) in [4.78, 5) is 0. The summed E-state index contributed by atoms with van der Waals surface area (Å²) in [5.41, 5.74) is 1.24. The highest BCUT2D eigenvalue weighted by Crippen LogP contribution is 2.40. The maximum absolute atomic E-state index is 12.7. The molecule has 20 heavy (non-hydrogen) atoms. The van der Waals surface area contributed by atoms with E-state index in [1.54, 1.807) is 0 Å². The zero-order valence-electron chi connectivity index (χ0n) is 11.8. The van der Waals surface area contributed by atoms with E-state index in [1.165, 1.54) is 5.56 Å². The van der Waals surface area contributed by atoms with Crippen LogP contribution in [0.3, 0.4) is 0 Å². The summed E-state index contributed by atoms with van der Waals surface area (Å²) in [7, 11) is 1.91. The molecule has 112 valence electrons. The Morgan fingerprint density at radius 2 is 1.70 bits per heavy atom. The fourth-order valence-electron chi connectivity index (χ4n) is 3.22. The molecule has 1 aliphatic carbocycles. The van der Waals surface area contributed by atoms with Crippen molar-refractivity contribution in [2.75, 3.05) is 7.05 Å². The number of alkyl halides is 3. The molecular formula is C16H22F3N. The number of hydrogen-bond acceptors (Lipinski definition) is 1. The minimum atomic E-state index is -4.01. The molecule has 0 saturated heterocycles. The molecule has 1 aliphatic rings. The van der Waals surface area contributed by atoms with Crippen LogP contribution >= 0.6 is 0 Å². The van der Waals surface area contributed by atoms with Gasteiger partial charge in [0.2, 0.25) is 0 Å². The third-order valence-electron chi connectivity index (χ3n) is 4.47. The van der Waals surface area contributed by atoms with Gasteiger partial charge < -0.3 is 5.32 Å². The number of likely N-dealkylation sites (N-methyl/N-ethyl adjacent to an activating group) is 1. The summed E-state index contributed by atoms with van der Waals surface area (Å²) >= 11 is 0. The van der Waals surface area contributed by atoms with Gasteiger partial charge in [0.1, 0.15) is 0 Å². The van der Waals surface area contributed by atoms with Crippen LogP contribution in [0.4, 0.5) is 13.2 Å². The summed E-state index contributed by atoms with van der Waals surface area (Å²) in [5, 5.41) is 3.29. The first kappa shape index (κ1) is 15.4. The molecule has 0 aliphatic heterocycles. The highest BCUT2D eigenvalue weighted by Gasteiger charge is 2.42. The molecule has 1 saturated carbocycles. The van der Waals surface area contributed by atoms with Crippen molar-refractivity contribution in [2.45, 2.75) is 44.3 Å². The highest BCUT2D eigenvalue weighted by molar-refractivity contribution is 5.16. The van der Waals surface area contributed by atoms with Gasteiger partial charge in [-0.05, 0) is 50.6 Å². The van der Waals surface area contributed by atoms with Gasteiger partial charge in [0.25, 0.3) is 0 Å². The lowest BCUT2D eigenvalue weighted by Crippen LogP contribution is -2.39. The largest absolute Gasteiger partial charge is 0.391 e. The molecule has 0 bridgehead atoms. The average molecular weight is 285 g/mol. The van der Waals surface area contributed by atoms with Gasteiger partial charge in [-0.15, -0.1) is 0 Å². The lowest BCUT2D eigenvalue weighted by molar-refractivity contribution is -0.184. The highest BCUT2D eigenvalue weighted by atomic mass is 19.4. The van der Waals surface area contributed by atoms with Crippen LogP contribution in [-0.4, -0.2) is 19.3 Å². The summed E-state index contributed by atoms with van der Waals surface area (Å²) in [6, 6.07) is 10.4. The number of hydrogen-bond donors (Lipinski definition) is 1. The first-order valence-electron chi connectivity index (χ1n) is 7.28. The molecule has 0 spiro atoms. The third-order valence-corrected chi connectivity index (χ3v) is 4.47. The predicted molar refractivity (Wildman–Crippen MR) is 74.5 cm³/mol. The van der Waals surface area contributed by atoms with Crippen molar-refractivity contribution in [2.24, 2.45) is 11.8 Å². The number of nitrogens with one attached hydrogen (secondary N) is 1. The van der Waals surface area contributed by atoms with E-state index in [0.717, 1.165) is 6.42 Å². The molecule has 0 heterocycles. The van der Waals surface area contributed by atoms with Crippen LogP contribution in [0.1, 0.15) is 31.2 Å². The molecule has 0 amide bonds. The topological polar surface area (TPSA) is 12.0 Å².